The Kier molecular flexibility index (Phi) is 4.94. The molecule has 0 unspecified atom stereocenters. The van der Waals surface area contributed by atoms with Crippen LogP contribution in [0, 0.1) is 22.0 Å². The fourth-order valence-corrected chi connectivity index (χ4v) is 1.81. The first-order valence-electron chi connectivity index (χ1n) is 6.76. The average molecular weight is 292 g/mol. The molecule has 4 heteroatoms. The van der Waals surface area contributed by atoms with Crippen molar-refractivity contribution in [3.8, 4) is 11.8 Å². The summed E-state index contributed by atoms with van der Waals surface area (Å²) in [5.41, 5.74) is 3.04. The zero-order valence-electron chi connectivity index (χ0n) is 12.5. The first-order chi connectivity index (χ1) is 10.6. The van der Waals surface area contributed by atoms with E-state index in [1.807, 2.05) is 49.3 Å². The highest BCUT2D eigenvalue weighted by atomic mass is 16.6. The molecule has 4 nitrogen and oxygen atoms in total. The Hall–Kier alpha value is -3.06. The van der Waals surface area contributed by atoms with Crippen LogP contribution >= 0.6 is 0 Å². The molecule has 0 atom stereocenters. The Morgan fingerprint density at radius 2 is 1.68 bits per heavy atom. The van der Waals surface area contributed by atoms with Crippen LogP contribution in [-0.2, 0) is 0 Å². The number of non-ortho nitro benzene ring substituents is 1. The van der Waals surface area contributed by atoms with Gasteiger partial charge < -0.3 is 4.90 Å². The molecular formula is C18H16N2O2. The average Bonchev–Trinajstić information content (AvgIpc) is 2.52. The molecule has 0 spiro atoms. The van der Waals surface area contributed by atoms with Crippen LogP contribution in [0.1, 0.15) is 11.1 Å². The monoisotopic (exact) mass is 292 g/mol. The van der Waals surface area contributed by atoms with Crippen molar-refractivity contribution in [2.45, 2.75) is 0 Å². The molecule has 0 bridgehead atoms. The van der Waals surface area contributed by atoms with Crippen molar-refractivity contribution >= 4 is 17.5 Å². The number of allylic oxidation sites excluding steroid dienone is 1. The quantitative estimate of drug-likeness (QED) is 0.492. The zero-order chi connectivity index (χ0) is 15.9. The molecule has 22 heavy (non-hydrogen) atoms. The van der Waals surface area contributed by atoms with Crippen LogP contribution in [0.4, 0.5) is 11.4 Å². The number of rotatable bonds is 3. The highest BCUT2D eigenvalue weighted by molar-refractivity contribution is 5.56. The molecule has 0 amide bonds. The van der Waals surface area contributed by atoms with Gasteiger partial charge in [-0.15, -0.1) is 0 Å². The molecule has 110 valence electrons. The Labute approximate surface area is 129 Å². The standard InChI is InChI=1S/C18H16N2O2/c1-19(2)17-11-7-15(8-12-17)5-3-4-6-16-9-13-18(14-10-16)20(21)22/h4,6-14H,1-2H3/b6-4+. The van der Waals surface area contributed by atoms with E-state index >= 15 is 0 Å². The van der Waals surface area contributed by atoms with Crippen molar-refractivity contribution in [3.05, 3.63) is 75.8 Å². The van der Waals surface area contributed by atoms with Crippen LogP contribution in [0.15, 0.2) is 54.6 Å². The van der Waals surface area contributed by atoms with Crippen molar-refractivity contribution in [3.63, 3.8) is 0 Å². The SMILES string of the molecule is CN(C)c1ccc(C#C/C=C/c2ccc([N+](=O)[O-])cc2)cc1. The van der Waals surface area contributed by atoms with Gasteiger partial charge in [0.15, 0.2) is 0 Å². The predicted octanol–water partition coefficient (Wildman–Crippen LogP) is 3.73. The van der Waals surface area contributed by atoms with E-state index < -0.39 is 4.92 Å². The van der Waals surface area contributed by atoms with E-state index in [0.717, 1.165) is 16.8 Å². The minimum Gasteiger partial charge on any atom is -0.378 e. The summed E-state index contributed by atoms with van der Waals surface area (Å²) in [6.07, 6.45) is 3.56. The number of hydrogen-bond donors (Lipinski definition) is 0. The first kappa shape index (κ1) is 15.3. The van der Waals surface area contributed by atoms with Crippen LogP contribution < -0.4 is 4.90 Å². The molecular weight excluding hydrogens is 276 g/mol. The third-order valence-electron chi connectivity index (χ3n) is 3.06. The van der Waals surface area contributed by atoms with Gasteiger partial charge in [-0.1, -0.05) is 11.8 Å². The van der Waals surface area contributed by atoms with E-state index in [1.165, 1.54) is 12.1 Å². The van der Waals surface area contributed by atoms with Gasteiger partial charge in [-0.3, -0.25) is 10.1 Å². The zero-order valence-corrected chi connectivity index (χ0v) is 12.5. The summed E-state index contributed by atoms with van der Waals surface area (Å²) < 4.78 is 0. The van der Waals surface area contributed by atoms with Gasteiger partial charge in [-0.2, -0.15) is 0 Å². The molecule has 2 aromatic carbocycles. The maximum absolute atomic E-state index is 10.6. The van der Waals surface area contributed by atoms with Crippen molar-refractivity contribution in [2.24, 2.45) is 0 Å². The number of benzene rings is 2. The highest BCUT2D eigenvalue weighted by Crippen LogP contribution is 2.13. The Morgan fingerprint density at radius 1 is 1.05 bits per heavy atom. The smallest absolute Gasteiger partial charge is 0.269 e. The van der Waals surface area contributed by atoms with Gasteiger partial charge in [0, 0.05) is 37.5 Å². The van der Waals surface area contributed by atoms with Crippen LogP contribution in [0.3, 0.4) is 0 Å². The second-order valence-electron chi connectivity index (χ2n) is 4.89. The fourth-order valence-electron chi connectivity index (χ4n) is 1.81. The van der Waals surface area contributed by atoms with Gasteiger partial charge in [0.05, 0.1) is 4.92 Å². The number of hydrogen-bond acceptors (Lipinski definition) is 3. The molecule has 2 aromatic rings. The Morgan fingerprint density at radius 3 is 2.23 bits per heavy atom. The molecule has 0 saturated carbocycles. The summed E-state index contributed by atoms with van der Waals surface area (Å²) in [7, 11) is 3.99. The first-order valence-corrected chi connectivity index (χ1v) is 6.76. The van der Waals surface area contributed by atoms with E-state index in [0.29, 0.717) is 0 Å². The molecule has 0 fully saturated rings. The number of anilines is 1. The van der Waals surface area contributed by atoms with Gasteiger partial charge >= 0.3 is 0 Å². The largest absolute Gasteiger partial charge is 0.378 e. The van der Waals surface area contributed by atoms with E-state index in [1.54, 1.807) is 18.2 Å². The summed E-state index contributed by atoms with van der Waals surface area (Å²) in [5, 5.41) is 10.6. The van der Waals surface area contributed by atoms with Gasteiger partial charge in [-0.05, 0) is 54.1 Å². The van der Waals surface area contributed by atoms with Crippen molar-refractivity contribution < 1.29 is 4.92 Å². The Bertz CT molecular complexity index is 733. The molecule has 0 radical (unpaired) electrons. The van der Waals surface area contributed by atoms with Crippen molar-refractivity contribution in [1.29, 1.82) is 0 Å². The van der Waals surface area contributed by atoms with Gasteiger partial charge in [-0.25, -0.2) is 0 Å². The normalized spacial score (nSPS) is 10.1. The predicted molar refractivity (Wildman–Crippen MR) is 89.8 cm³/mol. The maximum Gasteiger partial charge on any atom is 0.269 e. The van der Waals surface area contributed by atoms with Gasteiger partial charge in [0.2, 0.25) is 0 Å². The van der Waals surface area contributed by atoms with E-state index in [-0.39, 0.29) is 5.69 Å². The summed E-state index contributed by atoms with van der Waals surface area (Å²) in [6.45, 7) is 0. The molecule has 0 N–H and O–H groups in total. The third-order valence-corrected chi connectivity index (χ3v) is 3.06. The minimum absolute atomic E-state index is 0.0872. The summed E-state index contributed by atoms with van der Waals surface area (Å²) >= 11 is 0. The van der Waals surface area contributed by atoms with E-state index in [4.69, 9.17) is 0 Å². The van der Waals surface area contributed by atoms with Crippen molar-refractivity contribution in [2.75, 3.05) is 19.0 Å². The lowest BCUT2D eigenvalue weighted by Gasteiger charge is -2.11. The van der Waals surface area contributed by atoms with Gasteiger partial charge in [0.25, 0.3) is 5.69 Å². The molecule has 0 aromatic heterocycles. The lowest BCUT2D eigenvalue weighted by molar-refractivity contribution is -0.384. The summed E-state index contributed by atoms with van der Waals surface area (Å²) in [6, 6.07) is 14.3. The molecule has 2 rings (SSSR count). The van der Waals surface area contributed by atoms with Crippen molar-refractivity contribution in [1.82, 2.24) is 0 Å². The molecule has 0 aliphatic heterocycles. The van der Waals surface area contributed by atoms with Crippen LogP contribution in [-0.4, -0.2) is 19.0 Å². The topological polar surface area (TPSA) is 46.4 Å². The lowest BCUT2D eigenvalue weighted by atomic mass is 10.2. The summed E-state index contributed by atoms with van der Waals surface area (Å²) in [4.78, 5) is 12.2. The molecule has 0 heterocycles. The second kappa shape index (κ2) is 7.09. The minimum atomic E-state index is -0.412. The van der Waals surface area contributed by atoms with Gasteiger partial charge in [0.1, 0.15) is 0 Å². The van der Waals surface area contributed by atoms with Crippen LogP contribution in [0.5, 0.6) is 0 Å². The van der Waals surface area contributed by atoms with Crippen LogP contribution in [0.2, 0.25) is 0 Å². The molecule has 0 aliphatic rings. The van der Waals surface area contributed by atoms with Crippen LogP contribution in [0.25, 0.3) is 6.08 Å². The molecule has 0 aliphatic carbocycles. The fraction of sp³-hybridized carbons (Fsp3) is 0.111. The van der Waals surface area contributed by atoms with E-state index in [9.17, 15) is 10.1 Å². The lowest BCUT2D eigenvalue weighted by Crippen LogP contribution is -2.07. The third kappa shape index (κ3) is 4.22. The second-order valence-corrected chi connectivity index (χ2v) is 4.89. The summed E-state index contributed by atoms with van der Waals surface area (Å²) in [5.74, 6) is 6.01. The maximum atomic E-state index is 10.6. The molecule has 0 saturated heterocycles. The van der Waals surface area contributed by atoms with E-state index in [2.05, 4.69) is 11.8 Å². The number of nitrogens with zero attached hydrogens (tertiary/aromatic N) is 2. The number of nitro benzene ring substituents is 1. The highest BCUT2D eigenvalue weighted by Gasteiger charge is 2.01. The Balaban J connectivity index is 2.01. The number of nitro groups is 1.